The fourth-order valence-electron chi connectivity index (χ4n) is 1.27. The number of hydrogen-bond acceptors (Lipinski definition) is 1. The Balaban J connectivity index is 3.37. The van der Waals surface area contributed by atoms with E-state index in [9.17, 15) is 0 Å². The molecule has 2 unspecified atom stereocenters. The van der Waals surface area contributed by atoms with Gasteiger partial charge in [0.2, 0.25) is 0 Å². The highest BCUT2D eigenvalue weighted by atomic mass is 35.5. The molecule has 0 aromatic carbocycles. The second-order valence-electron chi connectivity index (χ2n) is 3.56. The summed E-state index contributed by atoms with van der Waals surface area (Å²) in [5.74, 6) is 1.52. The van der Waals surface area contributed by atoms with Crippen molar-refractivity contribution in [2.24, 2.45) is 5.92 Å². The van der Waals surface area contributed by atoms with Crippen LogP contribution in [0.4, 0.5) is 0 Å². The number of alkyl halides is 1. The molecule has 0 saturated carbocycles. The maximum atomic E-state index is 5.77. The van der Waals surface area contributed by atoms with Gasteiger partial charge in [0.25, 0.3) is 0 Å². The first-order valence-corrected chi connectivity index (χ1v) is 5.57. The largest absolute Gasteiger partial charge is 0.313 e. The van der Waals surface area contributed by atoms with Gasteiger partial charge in [0.05, 0.1) is 0 Å². The standard InChI is InChI=1S/C10H22ClN/c1-4-6-9(3)8-12-10(5-2)7-11/h9-10,12H,4-8H2,1-3H3. The van der Waals surface area contributed by atoms with Crippen LogP contribution in [0.2, 0.25) is 0 Å². The van der Waals surface area contributed by atoms with Gasteiger partial charge < -0.3 is 5.32 Å². The lowest BCUT2D eigenvalue weighted by Gasteiger charge is -2.17. The maximum Gasteiger partial charge on any atom is 0.0377 e. The molecule has 2 atom stereocenters. The number of hydrogen-bond donors (Lipinski definition) is 1. The molecule has 0 heterocycles. The van der Waals surface area contributed by atoms with Crippen molar-refractivity contribution >= 4 is 11.6 Å². The van der Waals surface area contributed by atoms with Gasteiger partial charge in [-0.1, -0.05) is 27.2 Å². The maximum absolute atomic E-state index is 5.77. The molecule has 0 aromatic heterocycles. The molecule has 0 aliphatic rings. The van der Waals surface area contributed by atoms with Crippen molar-refractivity contribution < 1.29 is 0 Å². The highest BCUT2D eigenvalue weighted by Crippen LogP contribution is 2.04. The SMILES string of the molecule is CCCC(C)CNC(CC)CCl. The molecule has 0 radical (unpaired) electrons. The number of nitrogens with one attached hydrogen (secondary N) is 1. The van der Waals surface area contributed by atoms with Gasteiger partial charge in [0.1, 0.15) is 0 Å². The Labute approximate surface area is 81.9 Å². The fraction of sp³-hybridized carbons (Fsp3) is 1.00. The van der Waals surface area contributed by atoms with Crippen LogP contribution in [0.25, 0.3) is 0 Å². The average Bonchev–Trinajstić information content (AvgIpc) is 2.07. The van der Waals surface area contributed by atoms with Gasteiger partial charge in [0.15, 0.2) is 0 Å². The minimum absolute atomic E-state index is 0.506. The Kier molecular flexibility index (Phi) is 8.04. The smallest absolute Gasteiger partial charge is 0.0377 e. The molecule has 12 heavy (non-hydrogen) atoms. The van der Waals surface area contributed by atoms with E-state index >= 15 is 0 Å². The second kappa shape index (κ2) is 7.88. The van der Waals surface area contributed by atoms with E-state index in [1.165, 1.54) is 12.8 Å². The zero-order valence-electron chi connectivity index (χ0n) is 8.57. The summed E-state index contributed by atoms with van der Waals surface area (Å²) in [6, 6.07) is 0.506. The van der Waals surface area contributed by atoms with Crippen LogP contribution in [-0.4, -0.2) is 18.5 Å². The van der Waals surface area contributed by atoms with Crippen LogP contribution < -0.4 is 5.32 Å². The Morgan fingerprint density at radius 3 is 2.42 bits per heavy atom. The van der Waals surface area contributed by atoms with E-state index in [2.05, 4.69) is 26.1 Å². The molecule has 1 N–H and O–H groups in total. The van der Waals surface area contributed by atoms with Crippen molar-refractivity contribution in [2.75, 3.05) is 12.4 Å². The molecule has 2 heteroatoms. The lowest BCUT2D eigenvalue weighted by molar-refractivity contribution is 0.434. The van der Waals surface area contributed by atoms with E-state index in [-0.39, 0.29) is 0 Å². The van der Waals surface area contributed by atoms with Crippen LogP contribution in [0.5, 0.6) is 0 Å². The summed E-state index contributed by atoms with van der Waals surface area (Å²) in [7, 11) is 0. The highest BCUT2D eigenvalue weighted by Gasteiger charge is 2.05. The van der Waals surface area contributed by atoms with Gasteiger partial charge >= 0.3 is 0 Å². The predicted octanol–water partition coefficient (Wildman–Crippen LogP) is 3.03. The van der Waals surface area contributed by atoms with Crippen molar-refractivity contribution in [3.63, 3.8) is 0 Å². The second-order valence-corrected chi connectivity index (χ2v) is 3.87. The molecule has 1 nitrogen and oxygen atoms in total. The van der Waals surface area contributed by atoms with Crippen molar-refractivity contribution in [3.05, 3.63) is 0 Å². The molecular formula is C10H22ClN. The van der Waals surface area contributed by atoms with Crippen LogP contribution >= 0.6 is 11.6 Å². The lowest BCUT2D eigenvalue weighted by atomic mass is 10.1. The van der Waals surface area contributed by atoms with Crippen LogP contribution in [-0.2, 0) is 0 Å². The minimum atomic E-state index is 0.506. The molecule has 0 aliphatic carbocycles. The molecule has 0 aliphatic heterocycles. The summed E-state index contributed by atoms with van der Waals surface area (Å²) in [6.45, 7) is 7.80. The van der Waals surface area contributed by atoms with Crippen LogP contribution in [0.3, 0.4) is 0 Å². The van der Waals surface area contributed by atoms with Crippen LogP contribution in [0.15, 0.2) is 0 Å². The molecule has 0 spiro atoms. The average molecular weight is 192 g/mol. The molecule has 74 valence electrons. The zero-order chi connectivity index (χ0) is 9.40. The monoisotopic (exact) mass is 191 g/mol. The van der Waals surface area contributed by atoms with E-state index in [1.807, 2.05) is 0 Å². The molecule has 0 fully saturated rings. The van der Waals surface area contributed by atoms with Gasteiger partial charge in [-0.05, 0) is 25.3 Å². The van der Waals surface area contributed by atoms with Gasteiger partial charge in [0, 0.05) is 11.9 Å². The van der Waals surface area contributed by atoms with Crippen molar-refractivity contribution in [1.29, 1.82) is 0 Å². The van der Waals surface area contributed by atoms with Crippen molar-refractivity contribution in [1.82, 2.24) is 5.32 Å². The third-order valence-electron chi connectivity index (χ3n) is 2.22. The minimum Gasteiger partial charge on any atom is -0.313 e. The lowest BCUT2D eigenvalue weighted by Crippen LogP contribution is -2.33. The topological polar surface area (TPSA) is 12.0 Å². The van der Waals surface area contributed by atoms with E-state index < -0.39 is 0 Å². The van der Waals surface area contributed by atoms with Gasteiger partial charge in [-0.15, -0.1) is 11.6 Å². The third-order valence-corrected chi connectivity index (χ3v) is 2.59. The van der Waals surface area contributed by atoms with Crippen LogP contribution in [0, 0.1) is 5.92 Å². The van der Waals surface area contributed by atoms with E-state index in [1.54, 1.807) is 0 Å². The van der Waals surface area contributed by atoms with Crippen LogP contribution in [0.1, 0.15) is 40.0 Å². The Hall–Kier alpha value is 0.250. The normalized spacial score (nSPS) is 16.0. The van der Waals surface area contributed by atoms with Crippen molar-refractivity contribution in [3.8, 4) is 0 Å². The summed E-state index contributed by atoms with van der Waals surface area (Å²) in [5.41, 5.74) is 0. The summed E-state index contributed by atoms with van der Waals surface area (Å²) in [6.07, 6.45) is 3.72. The molecule has 0 rings (SSSR count). The quantitative estimate of drug-likeness (QED) is 0.611. The molecule has 0 bridgehead atoms. The third kappa shape index (κ3) is 5.84. The van der Waals surface area contributed by atoms with Gasteiger partial charge in [-0.3, -0.25) is 0 Å². The number of halogens is 1. The van der Waals surface area contributed by atoms with Gasteiger partial charge in [-0.2, -0.15) is 0 Å². The molecule has 0 amide bonds. The fourth-order valence-corrected chi connectivity index (χ4v) is 1.60. The molecular weight excluding hydrogens is 170 g/mol. The van der Waals surface area contributed by atoms with E-state index in [0.717, 1.165) is 24.8 Å². The molecule has 0 aromatic rings. The summed E-state index contributed by atoms with van der Waals surface area (Å²) >= 11 is 5.77. The Morgan fingerprint density at radius 2 is 2.00 bits per heavy atom. The highest BCUT2D eigenvalue weighted by molar-refractivity contribution is 6.18. The summed E-state index contributed by atoms with van der Waals surface area (Å²) in [4.78, 5) is 0. The zero-order valence-corrected chi connectivity index (χ0v) is 9.32. The summed E-state index contributed by atoms with van der Waals surface area (Å²) < 4.78 is 0. The van der Waals surface area contributed by atoms with Crippen molar-refractivity contribution in [2.45, 2.75) is 46.1 Å². The summed E-state index contributed by atoms with van der Waals surface area (Å²) in [5, 5.41) is 3.47. The van der Waals surface area contributed by atoms with E-state index in [0.29, 0.717) is 6.04 Å². The first kappa shape index (κ1) is 12.2. The Morgan fingerprint density at radius 1 is 1.33 bits per heavy atom. The molecule has 0 saturated heterocycles. The first-order chi connectivity index (χ1) is 5.74. The number of rotatable bonds is 7. The first-order valence-electron chi connectivity index (χ1n) is 5.03. The van der Waals surface area contributed by atoms with Gasteiger partial charge in [-0.25, -0.2) is 0 Å². The predicted molar refractivity (Wildman–Crippen MR) is 56.9 cm³/mol. The Bertz CT molecular complexity index is 91.8. The van der Waals surface area contributed by atoms with E-state index in [4.69, 9.17) is 11.6 Å².